The van der Waals surface area contributed by atoms with Crippen molar-refractivity contribution in [2.75, 3.05) is 20.0 Å². The molecule has 3 aromatic carbocycles. The molecule has 0 atom stereocenters. The van der Waals surface area contributed by atoms with Gasteiger partial charge in [0.25, 0.3) is 5.91 Å². The highest BCUT2D eigenvalue weighted by molar-refractivity contribution is 7.99. The predicted octanol–water partition coefficient (Wildman–Crippen LogP) is 4.86. The average molecular weight is 500 g/mol. The molecule has 0 aliphatic heterocycles. The zero-order valence-electron chi connectivity index (χ0n) is 19.9. The summed E-state index contributed by atoms with van der Waals surface area (Å²) in [5, 5.41) is 13.3. The Labute approximate surface area is 213 Å². The van der Waals surface area contributed by atoms with Gasteiger partial charge in [0.1, 0.15) is 11.5 Å². The number of benzene rings is 3. The van der Waals surface area contributed by atoms with Crippen LogP contribution in [0.15, 0.2) is 95.2 Å². The molecule has 0 bridgehead atoms. The number of carbonyl (C=O) groups excluding carboxylic acids is 1. The second-order valence-corrected chi connectivity index (χ2v) is 8.35. The Morgan fingerprint density at radius 1 is 0.972 bits per heavy atom. The van der Waals surface area contributed by atoms with Gasteiger partial charge in [-0.25, -0.2) is 5.43 Å². The molecule has 1 aromatic heterocycles. The first-order valence-corrected chi connectivity index (χ1v) is 12.1. The topological polar surface area (TPSA) is 90.6 Å². The van der Waals surface area contributed by atoms with E-state index in [0.29, 0.717) is 11.0 Å². The molecule has 0 spiro atoms. The maximum atomic E-state index is 12.4. The number of amides is 1. The van der Waals surface area contributed by atoms with Crippen molar-refractivity contribution < 1.29 is 14.3 Å². The third-order valence-corrected chi connectivity index (χ3v) is 6.02. The molecule has 0 saturated heterocycles. The number of carbonyl (C=O) groups is 1. The molecule has 4 rings (SSSR count). The maximum absolute atomic E-state index is 12.4. The smallest absolute Gasteiger partial charge is 0.250 e. The molecule has 0 saturated carbocycles. The largest absolute Gasteiger partial charge is 0.497 e. The van der Waals surface area contributed by atoms with E-state index in [1.807, 2.05) is 89.5 Å². The summed E-state index contributed by atoms with van der Waals surface area (Å²) in [6.45, 7) is 0. The van der Waals surface area contributed by atoms with Crippen molar-refractivity contribution in [3.8, 4) is 28.6 Å². The molecule has 182 valence electrons. The first-order valence-electron chi connectivity index (χ1n) is 11.1. The highest BCUT2D eigenvalue weighted by Crippen LogP contribution is 2.28. The SMILES string of the molecule is COc1ccc(-n2c(SCC(=O)N/N=C\C=C\c3ccccc3OC)nnc2-c2ccccc2)cc1. The minimum Gasteiger partial charge on any atom is -0.497 e. The summed E-state index contributed by atoms with van der Waals surface area (Å²) in [7, 11) is 3.25. The van der Waals surface area contributed by atoms with Crippen molar-refractivity contribution in [3.63, 3.8) is 0 Å². The Kier molecular flexibility index (Phi) is 8.50. The lowest BCUT2D eigenvalue weighted by molar-refractivity contribution is -0.118. The number of para-hydroxylation sites is 1. The third-order valence-electron chi connectivity index (χ3n) is 5.09. The number of methoxy groups -OCH3 is 2. The molecule has 36 heavy (non-hydrogen) atoms. The average Bonchev–Trinajstić information content (AvgIpc) is 3.36. The Morgan fingerprint density at radius 3 is 2.47 bits per heavy atom. The molecule has 0 aliphatic carbocycles. The Bertz CT molecular complexity index is 1350. The molecule has 4 aromatic rings. The molecule has 9 heteroatoms. The van der Waals surface area contributed by atoms with E-state index in [9.17, 15) is 4.79 Å². The fourth-order valence-electron chi connectivity index (χ4n) is 3.37. The Morgan fingerprint density at radius 2 is 1.72 bits per heavy atom. The highest BCUT2D eigenvalue weighted by atomic mass is 32.2. The molecule has 0 aliphatic rings. The van der Waals surface area contributed by atoms with Gasteiger partial charge in [0.15, 0.2) is 11.0 Å². The molecule has 1 N–H and O–H groups in total. The number of hydrogen-bond donors (Lipinski definition) is 1. The van der Waals surface area contributed by atoms with Crippen LogP contribution >= 0.6 is 11.8 Å². The van der Waals surface area contributed by atoms with Crippen LogP contribution in [0.2, 0.25) is 0 Å². The van der Waals surface area contributed by atoms with Crippen LogP contribution in [0.4, 0.5) is 0 Å². The third kappa shape index (κ3) is 6.19. The van der Waals surface area contributed by atoms with E-state index < -0.39 is 0 Å². The van der Waals surface area contributed by atoms with Crippen LogP contribution in [0, 0.1) is 0 Å². The summed E-state index contributed by atoms with van der Waals surface area (Å²) in [5.74, 6) is 2.06. The number of hydrazone groups is 1. The van der Waals surface area contributed by atoms with Gasteiger partial charge in [-0.1, -0.05) is 60.3 Å². The van der Waals surface area contributed by atoms with E-state index in [2.05, 4.69) is 20.7 Å². The lowest BCUT2D eigenvalue weighted by Gasteiger charge is -2.11. The summed E-state index contributed by atoms with van der Waals surface area (Å²) in [4.78, 5) is 12.4. The summed E-state index contributed by atoms with van der Waals surface area (Å²) < 4.78 is 12.5. The van der Waals surface area contributed by atoms with E-state index in [4.69, 9.17) is 9.47 Å². The summed E-state index contributed by atoms with van der Waals surface area (Å²) >= 11 is 1.28. The van der Waals surface area contributed by atoms with Crippen LogP contribution in [0.25, 0.3) is 23.2 Å². The molecule has 0 radical (unpaired) electrons. The number of aromatic nitrogens is 3. The highest BCUT2D eigenvalue weighted by Gasteiger charge is 2.17. The van der Waals surface area contributed by atoms with E-state index in [1.54, 1.807) is 20.3 Å². The fourth-order valence-corrected chi connectivity index (χ4v) is 4.11. The van der Waals surface area contributed by atoms with Gasteiger partial charge >= 0.3 is 0 Å². The van der Waals surface area contributed by atoms with Crippen molar-refractivity contribution in [3.05, 3.63) is 90.5 Å². The van der Waals surface area contributed by atoms with Gasteiger partial charge in [-0.05, 0) is 42.5 Å². The maximum Gasteiger partial charge on any atom is 0.250 e. The fraction of sp³-hybridized carbons (Fsp3) is 0.111. The Hall–Kier alpha value is -4.37. The normalized spacial score (nSPS) is 11.2. The van der Waals surface area contributed by atoms with E-state index in [0.717, 1.165) is 28.3 Å². The molecule has 8 nitrogen and oxygen atoms in total. The van der Waals surface area contributed by atoms with Crippen molar-refractivity contribution in [2.24, 2.45) is 5.10 Å². The van der Waals surface area contributed by atoms with E-state index in [-0.39, 0.29) is 11.7 Å². The summed E-state index contributed by atoms with van der Waals surface area (Å²) in [6.07, 6.45) is 5.10. The van der Waals surface area contributed by atoms with Crippen LogP contribution < -0.4 is 14.9 Å². The van der Waals surface area contributed by atoms with Gasteiger partial charge in [0.2, 0.25) is 0 Å². The second kappa shape index (κ2) is 12.4. The number of rotatable bonds is 10. The number of nitrogens with one attached hydrogen (secondary N) is 1. The van der Waals surface area contributed by atoms with E-state index in [1.165, 1.54) is 18.0 Å². The number of ether oxygens (including phenoxy) is 2. The Balaban J connectivity index is 1.43. The molecular formula is C27H25N5O3S. The number of allylic oxidation sites excluding steroid dienone is 1. The molecule has 0 unspecified atom stereocenters. The van der Waals surface area contributed by atoms with E-state index >= 15 is 0 Å². The second-order valence-electron chi connectivity index (χ2n) is 7.41. The molecule has 1 heterocycles. The van der Waals surface area contributed by atoms with Crippen LogP contribution in [0.5, 0.6) is 11.5 Å². The van der Waals surface area contributed by atoms with Gasteiger partial charge in [-0.15, -0.1) is 10.2 Å². The standard InChI is InChI=1S/C27H25N5O3S/c1-34-23-16-14-22(15-17-23)32-26(21-10-4-3-5-11-21)30-31-27(32)36-19-25(33)29-28-18-8-12-20-9-6-7-13-24(20)35-2/h3-18H,19H2,1-2H3,(H,29,33)/b12-8+,28-18-. The lowest BCUT2D eigenvalue weighted by Crippen LogP contribution is -2.19. The van der Waals surface area contributed by atoms with Crippen molar-refractivity contribution in [1.29, 1.82) is 0 Å². The van der Waals surface area contributed by atoms with Crippen molar-refractivity contribution in [2.45, 2.75) is 5.16 Å². The summed E-state index contributed by atoms with van der Waals surface area (Å²) in [6, 6.07) is 25.0. The lowest BCUT2D eigenvalue weighted by atomic mass is 10.2. The minimum absolute atomic E-state index is 0.122. The van der Waals surface area contributed by atoms with Gasteiger partial charge in [0, 0.05) is 23.0 Å². The zero-order valence-corrected chi connectivity index (χ0v) is 20.7. The number of thioether (sulfide) groups is 1. The number of hydrogen-bond acceptors (Lipinski definition) is 7. The van der Waals surface area contributed by atoms with Crippen LogP contribution in [-0.2, 0) is 4.79 Å². The van der Waals surface area contributed by atoms with Crippen molar-refractivity contribution >= 4 is 30.0 Å². The van der Waals surface area contributed by atoms with Gasteiger partial charge < -0.3 is 9.47 Å². The zero-order chi connectivity index (χ0) is 25.2. The summed E-state index contributed by atoms with van der Waals surface area (Å²) in [5.41, 5.74) is 5.23. The van der Waals surface area contributed by atoms with Crippen LogP contribution in [-0.4, -0.2) is 46.9 Å². The first kappa shape index (κ1) is 24.7. The monoisotopic (exact) mass is 499 g/mol. The van der Waals surface area contributed by atoms with Crippen LogP contribution in [0.1, 0.15) is 5.56 Å². The first-order chi connectivity index (χ1) is 17.7. The van der Waals surface area contributed by atoms with Gasteiger partial charge in [-0.2, -0.15) is 5.10 Å². The van der Waals surface area contributed by atoms with Crippen LogP contribution in [0.3, 0.4) is 0 Å². The predicted molar refractivity (Wildman–Crippen MR) is 143 cm³/mol. The van der Waals surface area contributed by atoms with Crippen molar-refractivity contribution in [1.82, 2.24) is 20.2 Å². The minimum atomic E-state index is -0.257. The van der Waals surface area contributed by atoms with Gasteiger partial charge in [-0.3, -0.25) is 9.36 Å². The molecule has 0 fully saturated rings. The quantitative estimate of drug-likeness (QED) is 0.190. The van der Waals surface area contributed by atoms with Gasteiger partial charge in [0.05, 0.1) is 20.0 Å². The molecule has 1 amide bonds. The number of nitrogens with zero attached hydrogens (tertiary/aromatic N) is 4. The molecular weight excluding hydrogens is 474 g/mol.